The van der Waals surface area contributed by atoms with E-state index in [1.807, 2.05) is 7.11 Å². The first-order valence-electron chi connectivity index (χ1n) is 11.0. The van der Waals surface area contributed by atoms with Gasteiger partial charge in [-0.25, -0.2) is 0 Å². The molecule has 0 spiro atoms. The van der Waals surface area contributed by atoms with E-state index >= 15 is 0 Å². The average molecular weight is 383 g/mol. The van der Waals surface area contributed by atoms with Crippen molar-refractivity contribution in [3.63, 3.8) is 0 Å². The summed E-state index contributed by atoms with van der Waals surface area (Å²) >= 11 is 2.10. The Bertz CT molecular complexity index is 465. The molecule has 1 N–H and O–H groups in total. The number of nitrogens with zero attached hydrogens (tertiary/aromatic N) is 1. The van der Waals surface area contributed by atoms with Gasteiger partial charge < -0.3 is 9.47 Å². The largest absolute Gasteiger partial charge is 0.381 e. The summed E-state index contributed by atoms with van der Waals surface area (Å²) in [5.41, 5.74) is 0.495. The fraction of sp³-hybridized carbons (Fsp3) is 1.00. The van der Waals surface area contributed by atoms with Gasteiger partial charge in [-0.2, -0.15) is 0 Å². The van der Waals surface area contributed by atoms with Crippen molar-refractivity contribution in [3.05, 3.63) is 0 Å². The molecule has 4 fully saturated rings. The Balaban J connectivity index is 1.65. The SMILES string of the molecule is CCOCC1C(C)NC2SCCN2C1C1C(OC)CCC2CCCCC21. The van der Waals surface area contributed by atoms with Crippen LogP contribution in [0.1, 0.15) is 52.4 Å². The maximum Gasteiger partial charge on any atom is 0.109 e. The highest BCUT2D eigenvalue weighted by Gasteiger charge is 2.53. The molecule has 4 nitrogen and oxygen atoms in total. The Kier molecular flexibility index (Phi) is 6.52. The van der Waals surface area contributed by atoms with E-state index in [1.54, 1.807) is 0 Å². The van der Waals surface area contributed by atoms with Gasteiger partial charge in [0.25, 0.3) is 0 Å². The molecule has 2 heterocycles. The van der Waals surface area contributed by atoms with Gasteiger partial charge in [0, 0.05) is 49.9 Å². The lowest BCUT2D eigenvalue weighted by Crippen LogP contribution is -2.67. The molecule has 2 aliphatic heterocycles. The van der Waals surface area contributed by atoms with Crippen molar-refractivity contribution in [1.29, 1.82) is 0 Å². The highest BCUT2D eigenvalue weighted by Crippen LogP contribution is 2.50. The lowest BCUT2D eigenvalue weighted by atomic mass is 9.60. The maximum absolute atomic E-state index is 6.15. The topological polar surface area (TPSA) is 33.7 Å². The average Bonchev–Trinajstić information content (AvgIpc) is 3.13. The number of hydrogen-bond acceptors (Lipinski definition) is 5. The molecule has 0 aromatic heterocycles. The van der Waals surface area contributed by atoms with Gasteiger partial charge in [0.05, 0.1) is 12.7 Å². The van der Waals surface area contributed by atoms with Crippen LogP contribution in [0, 0.1) is 23.7 Å². The molecule has 0 aromatic rings. The Hall–Kier alpha value is 0.190. The fourth-order valence-electron chi connectivity index (χ4n) is 6.52. The van der Waals surface area contributed by atoms with Gasteiger partial charge in [-0.05, 0) is 44.9 Å². The third-order valence-electron chi connectivity index (χ3n) is 7.72. The summed E-state index contributed by atoms with van der Waals surface area (Å²) in [5.74, 6) is 4.28. The van der Waals surface area contributed by atoms with Crippen LogP contribution in [0.3, 0.4) is 0 Å². The van der Waals surface area contributed by atoms with Gasteiger partial charge in [-0.3, -0.25) is 10.2 Å². The normalized spacial score (nSPS) is 46.7. The quantitative estimate of drug-likeness (QED) is 0.786. The molecule has 0 radical (unpaired) electrons. The van der Waals surface area contributed by atoms with Crippen LogP contribution >= 0.6 is 11.8 Å². The molecule has 0 aromatic carbocycles. The first-order valence-corrected chi connectivity index (χ1v) is 12.0. The van der Waals surface area contributed by atoms with Crippen molar-refractivity contribution in [1.82, 2.24) is 10.2 Å². The summed E-state index contributed by atoms with van der Waals surface area (Å²) in [6.07, 6.45) is 8.80. The monoisotopic (exact) mass is 382 g/mol. The summed E-state index contributed by atoms with van der Waals surface area (Å²) in [7, 11) is 1.96. The van der Waals surface area contributed by atoms with Gasteiger partial charge in [0.1, 0.15) is 5.50 Å². The van der Waals surface area contributed by atoms with E-state index < -0.39 is 0 Å². The van der Waals surface area contributed by atoms with Crippen LogP contribution < -0.4 is 5.32 Å². The Morgan fingerprint density at radius 1 is 1.15 bits per heavy atom. The Morgan fingerprint density at radius 3 is 2.81 bits per heavy atom. The van der Waals surface area contributed by atoms with Crippen LogP contribution in [0.25, 0.3) is 0 Å². The minimum absolute atomic E-state index is 0.431. The molecule has 0 amide bonds. The van der Waals surface area contributed by atoms with E-state index in [1.165, 1.54) is 50.8 Å². The van der Waals surface area contributed by atoms with E-state index in [-0.39, 0.29) is 0 Å². The number of thioether (sulfide) groups is 1. The number of ether oxygens (including phenoxy) is 2. The van der Waals surface area contributed by atoms with Gasteiger partial charge in [-0.1, -0.05) is 19.3 Å². The summed E-state index contributed by atoms with van der Waals surface area (Å²) in [6.45, 7) is 7.43. The highest BCUT2D eigenvalue weighted by atomic mass is 32.2. The zero-order valence-corrected chi connectivity index (χ0v) is 17.7. The second-order valence-corrected chi connectivity index (χ2v) is 10.1. The molecule has 26 heavy (non-hydrogen) atoms. The number of rotatable bonds is 5. The summed E-state index contributed by atoms with van der Waals surface area (Å²) < 4.78 is 12.2. The third kappa shape index (κ3) is 3.59. The molecular weight excluding hydrogens is 344 g/mol. The van der Waals surface area contributed by atoms with Crippen LogP contribution in [0.5, 0.6) is 0 Å². The van der Waals surface area contributed by atoms with Crippen molar-refractivity contribution < 1.29 is 9.47 Å². The van der Waals surface area contributed by atoms with Crippen LogP contribution in [0.2, 0.25) is 0 Å². The van der Waals surface area contributed by atoms with Gasteiger partial charge in [0.15, 0.2) is 0 Å². The molecule has 2 aliphatic carbocycles. The molecule has 8 unspecified atom stereocenters. The second kappa shape index (κ2) is 8.69. The van der Waals surface area contributed by atoms with Crippen molar-refractivity contribution in [3.8, 4) is 0 Å². The minimum Gasteiger partial charge on any atom is -0.381 e. The lowest BCUT2D eigenvalue weighted by Gasteiger charge is -2.56. The molecule has 150 valence electrons. The van der Waals surface area contributed by atoms with Crippen molar-refractivity contribution >= 4 is 11.8 Å². The molecule has 2 saturated carbocycles. The van der Waals surface area contributed by atoms with Gasteiger partial charge in [0.2, 0.25) is 0 Å². The lowest BCUT2D eigenvalue weighted by molar-refractivity contribution is -0.116. The molecule has 8 atom stereocenters. The summed E-state index contributed by atoms with van der Waals surface area (Å²) in [6, 6.07) is 1.12. The second-order valence-electron chi connectivity index (χ2n) is 8.87. The minimum atomic E-state index is 0.431. The van der Waals surface area contributed by atoms with E-state index in [2.05, 4.69) is 35.8 Å². The van der Waals surface area contributed by atoms with Crippen LogP contribution in [0.15, 0.2) is 0 Å². The highest BCUT2D eigenvalue weighted by molar-refractivity contribution is 8.00. The number of nitrogens with one attached hydrogen (secondary N) is 1. The molecular formula is C21H38N2O2S. The molecule has 2 saturated heterocycles. The van der Waals surface area contributed by atoms with Crippen molar-refractivity contribution in [2.45, 2.75) is 76.1 Å². The summed E-state index contributed by atoms with van der Waals surface area (Å²) in [5, 5.41) is 3.88. The van der Waals surface area contributed by atoms with Crippen molar-refractivity contribution in [2.75, 3.05) is 32.6 Å². The Labute approximate surface area is 164 Å². The van der Waals surface area contributed by atoms with Gasteiger partial charge >= 0.3 is 0 Å². The van der Waals surface area contributed by atoms with Crippen LogP contribution in [-0.4, -0.2) is 61.2 Å². The number of fused-ring (bicyclic) bond motifs is 2. The Morgan fingerprint density at radius 2 is 2.00 bits per heavy atom. The smallest absolute Gasteiger partial charge is 0.109 e. The van der Waals surface area contributed by atoms with Crippen LogP contribution in [-0.2, 0) is 9.47 Å². The maximum atomic E-state index is 6.15. The fourth-order valence-corrected chi connectivity index (χ4v) is 7.81. The van der Waals surface area contributed by atoms with Crippen molar-refractivity contribution in [2.24, 2.45) is 23.7 Å². The zero-order chi connectivity index (χ0) is 18.1. The first-order chi connectivity index (χ1) is 12.7. The third-order valence-corrected chi connectivity index (χ3v) is 8.86. The molecule has 4 rings (SSSR count). The molecule has 0 bridgehead atoms. The predicted octanol–water partition coefficient (Wildman–Crippen LogP) is 3.56. The predicted molar refractivity (Wildman–Crippen MR) is 108 cm³/mol. The zero-order valence-electron chi connectivity index (χ0n) is 16.9. The van der Waals surface area contributed by atoms with E-state index in [4.69, 9.17) is 9.47 Å². The molecule has 5 heteroatoms. The van der Waals surface area contributed by atoms with E-state index in [0.717, 1.165) is 25.0 Å². The number of methoxy groups -OCH3 is 1. The standard InChI is InChI=1S/C21H38N2O2S/c1-4-25-13-17-14(2)22-21-23(11-12-26-21)20(17)19-16-8-6-5-7-15(16)9-10-18(19)24-3/h14-22H,4-13H2,1-3H3. The first kappa shape index (κ1) is 19.5. The van der Waals surface area contributed by atoms with E-state index in [9.17, 15) is 0 Å². The number of hydrogen-bond donors (Lipinski definition) is 1. The van der Waals surface area contributed by atoms with E-state index in [0.29, 0.717) is 35.5 Å². The molecule has 4 aliphatic rings. The van der Waals surface area contributed by atoms with Gasteiger partial charge in [-0.15, -0.1) is 11.8 Å². The summed E-state index contributed by atoms with van der Waals surface area (Å²) in [4.78, 5) is 2.79. The van der Waals surface area contributed by atoms with Crippen LogP contribution in [0.4, 0.5) is 0 Å².